The zero-order valence-electron chi connectivity index (χ0n) is 8.93. The van der Waals surface area contributed by atoms with Crippen LogP contribution in [-0.4, -0.2) is 19.1 Å². The molecule has 6 heteroatoms. The smallest absolute Gasteiger partial charge is 0.328 e. The van der Waals surface area contributed by atoms with Crippen LogP contribution in [0, 0.1) is 5.92 Å². The molecule has 6 nitrogen and oxygen atoms in total. The summed E-state index contributed by atoms with van der Waals surface area (Å²) in [5, 5.41) is 0. The van der Waals surface area contributed by atoms with E-state index in [0.29, 0.717) is 23.6 Å². The number of nitrogens with one attached hydrogen (secondary N) is 1. The molecule has 0 spiro atoms. The van der Waals surface area contributed by atoms with E-state index in [1.807, 2.05) is 0 Å². The van der Waals surface area contributed by atoms with E-state index in [4.69, 9.17) is 0 Å². The Kier molecular flexibility index (Phi) is 1.80. The second kappa shape index (κ2) is 3.07. The SMILES string of the molecule is Cn1cnc2[nH]c(=O)n(CC3CC3)c(=O)c21. The van der Waals surface area contributed by atoms with E-state index in [-0.39, 0.29) is 11.2 Å². The predicted octanol–water partition coefficient (Wildman–Crippen LogP) is -0.167. The molecule has 1 N–H and O–H groups in total. The van der Waals surface area contributed by atoms with Gasteiger partial charge in [0.1, 0.15) is 0 Å². The highest BCUT2D eigenvalue weighted by Crippen LogP contribution is 2.29. The van der Waals surface area contributed by atoms with Crippen molar-refractivity contribution in [1.82, 2.24) is 19.1 Å². The minimum Gasteiger partial charge on any atom is -0.328 e. The summed E-state index contributed by atoms with van der Waals surface area (Å²) in [7, 11) is 1.75. The van der Waals surface area contributed by atoms with Crippen molar-refractivity contribution in [1.29, 1.82) is 0 Å². The fraction of sp³-hybridized carbons (Fsp3) is 0.500. The van der Waals surface area contributed by atoms with Crippen LogP contribution < -0.4 is 11.2 Å². The van der Waals surface area contributed by atoms with Crippen LogP contribution in [0.25, 0.3) is 11.2 Å². The first-order valence-electron chi connectivity index (χ1n) is 5.31. The molecule has 1 saturated carbocycles. The summed E-state index contributed by atoms with van der Waals surface area (Å²) in [5.74, 6) is 0.490. The quantitative estimate of drug-likeness (QED) is 0.763. The summed E-state index contributed by atoms with van der Waals surface area (Å²) in [6.45, 7) is 0.523. The summed E-state index contributed by atoms with van der Waals surface area (Å²) >= 11 is 0. The maximum absolute atomic E-state index is 12.1. The highest BCUT2D eigenvalue weighted by Gasteiger charge is 2.24. The molecule has 0 aliphatic heterocycles. The van der Waals surface area contributed by atoms with Gasteiger partial charge in [-0.25, -0.2) is 9.78 Å². The van der Waals surface area contributed by atoms with E-state index in [1.54, 1.807) is 11.6 Å². The Labute approximate surface area is 90.5 Å². The molecule has 3 rings (SSSR count). The monoisotopic (exact) mass is 220 g/mol. The van der Waals surface area contributed by atoms with Crippen molar-refractivity contribution in [2.75, 3.05) is 0 Å². The van der Waals surface area contributed by atoms with E-state index >= 15 is 0 Å². The number of imidazole rings is 1. The summed E-state index contributed by atoms with van der Waals surface area (Å²) in [5.41, 5.74) is 0.221. The minimum atomic E-state index is -0.358. The average molecular weight is 220 g/mol. The van der Waals surface area contributed by atoms with Gasteiger partial charge >= 0.3 is 5.69 Å². The Morgan fingerprint density at radius 2 is 2.25 bits per heavy atom. The average Bonchev–Trinajstić information content (AvgIpc) is 2.98. The lowest BCUT2D eigenvalue weighted by Crippen LogP contribution is -2.36. The van der Waals surface area contributed by atoms with Gasteiger partial charge in [0, 0.05) is 13.6 Å². The number of nitrogens with zero attached hydrogens (tertiary/aromatic N) is 3. The van der Waals surface area contributed by atoms with Gasteiger partial charge in [-0.1, -0.05) is 0 Å². The third kappa shape index (κ3) is 1.30. The Morgan fingerprint density at radius 3 is 2.94 bits per heavy atom. The number of hydrogen-bond acceptors (Lipinski definition) is 3. The first kappa shape index (κ1) is 9.38. The fourth-order valence-electron chi connectivity index (χ4n) is 1.89. The molecule has 0 saturated heterocycles. The minimum absolute atomic E-state index is 0.245. The Hall–Kier alpha value is -1.85. The molecule has 2 heterocycles. The van der Waals surface area contributed by atoms with E-state index in [9.17, 15) is 9.59 Å². The molecule has 0 amide bonds. The predicted molar refractivity (Wildman–Crippen MR) is 58.3 cm³/mol. The third-order valence-electron chi connectivity index (χ3n) is 2.99. The first-order chi connectivity index (χ1) is 7.66. The summed E-state index contributed by atoms with van der Waals surface area (Å²) in [6.07, 6.45) is 3.74. The second-order valence-corrected chi connectivity index (χ2v) is 4.34. The molecule has 0 atom stereocenters. The number of rotatable bonds is 2. The molecule has 16 heavy (non-hydrogen) atoms. The van der Waals surface area contributed by atoms with Crippen molar-refractivity contribution in [2.24, 2.45) is 13.0 Å². The fourth-order valence-corrected chi connectivity index (χ4v) is 1.89. The molecule has 0 bridgehead atoms. The number of aromatic amines is 1. The number of H-pyrrole nitrogens is 1. The van der Waals surface area contributed by atoms with Gasteiger partial charge in [-0.15, -0.1) is 0 Å². The van der Waals surface area contributed by atoms with Crippen molar-refractivity contribution in [3.8, 4) is 0 Å². The van der Waals surface area contributed by atoms with E-state index in [1.165, 1.54) is 10.9 Å². The van der Waals surface area contributed by atoms with Gasteiger partial charge in [0.2, 0.25) is 0 Å². The van der Waals surface area contributed by atoms with Crippen LogP contribution in [-0.2, 0) is 13.6 Å². The molecule has 2 aromatic heterocycles. The lowest BCUT2D eigenvalue weighted by Gasteiger charge is -2.03. The van der Waals surface area contributed by atoms with Crippen LogP contribution in [0.2, 0.25) is 0 Å². The maximum Gasteiger partial charge on any atom is 0.330 e. The second-order valence-electron chi connectivity index (χ2n) is 4.34. The van der Waals surface area contributed by atoms with Gasteiger partial charge in [-0.2, -0.15) is 0 Å². The standard InChI is InChI=1S/C10H12N4O2/c1-13-5-11-8-7(13)9(15)14(10(16)12-8)4-6-2-3-6/h5-6H,2-4H2,1H3,(H,12,16). The van der Waals surface area contributed by atoms with Gasteiger partial charge in [0.15, 0.2) is 11.2 Å². The van der Waals surface area contributed by atoms with Crippen molar-refractivity contribution in [2.45, 2.75) is 19.4 Å². The maximum atomic E-state index is 12.1. The van der Waals surface area contributed by atoms with Gasteiger partial charge in [0.05, 0.1) is 6.33 Å². The summed E-state index contributed by atoms with van der Waals surface area (Å²) in [4.78, 5) is 30.4. The van der Waals surface area contributed by atoms with E-state index in [0.717, 1.165) is 12.8 Å². The van der Waals surface area contributed by atoms with Crippen molar-refractivity contribution < 1.29 is 0 Å². The van der Waals surface area contributed by atoms with Gasteiger partial charge < -0.3 is 4.57 Å². The van der Waals surface area contributed by atoms with Crippen molar-refractivity contribution >= 4 is 11.2 Å². The Bertz CT molecular complexity index is 659. The van der Waals surface area contributed by atoms with Crippen molar-refractivity contribution in [3.63, 3.8) is 0 Å². The highest BCUT2D eigenvalue weighted by molar-refractivity contribution is 5.68. The van der Waals surface area contributed by atoms with Gasteiger partial charge in [0.25, 0.3) is 5.56 Å². The molecule has 2 aromatic rings. The number of hydrogen-bond donors (Lipinski definition) is 1. The molecular formula is C10H12N4O2. The van der Waals surface area contributed by atoms with E-state index in [2.05, 4.69) is 9.97 Å². The van der Waals surface area contributed by atoms with Crippen LogP contribution in [0.3, 0.4) is 0 Å². The van der Waals surface area contributed by atoms with Crippen LogP contribution in [0.4, 0.5) is 0 Å². The third-order valence-corrected chi connectivity index (χ3v) is 2.99. The largest absolute Gasteiger partial charge is 0.330 e. The number of aromatic nitrogens is 4. The summed E-state index contributed by atoms with van der Waals surface area (Å²) in [6, 6.07) is 0. The Balaban J connectivity index is 2.30. The number of fused-ring (bicyclic) bond motifs is 1. The first-order valence-corrected chi connectivity index (χ1v) is 5.31. The normalized spacial score (nSPS) is 15.8. The van der Waals surface area contributed by atoms with E-state index < -0.39 is 0 Å². The van der Waals surface area contributed by atoms with Crippen LogP contribution in [0.5, 0.6) is 0 Å². The lowest BCUT2D eigenvalue weighted by atomic mass is 10.4. The van der Waals surface area contributed by atoms with Crippen LogP contribution in [0.1, 0.15) is 12.8 Å². The zero-order valence-corrected chi connectivity index (χ0v) is 8.93. The molecule has 0 unspecified atom stereocenters. The molecular weight excluding hydrogens is 208 g/mol. The number of aryl methyl sites for hydroxylation is 1. The van der Waals surface area contributed by atoms with Crippen LogP contribution in [0.15, 0.2) is 15.9 Å². The van der Waals surface area contributed by atoms with Gasteiger partial charge in [-0.05, 0) is 18.8 Å². The molecule has 1 aliphatic rings. The highest BCUT2D eigenvalue weighted by atomic mass is 16.2. The van der Waals surface area contributed by atoms with Crippen LogP contribution >= 0.6 is 0 Å². The molecule has 0 aromatic carbocycles. The van der Waals surface area contributed by atoms with Crippen molar-refractivity contribution in [3.05, 3.63) is 27.2 Å². The molecule has 1 aliphatic carbocycles. The molecule has 1 fully saturated rings. The topological polar surface area (TPSA) is 72.7 Å². The zero-order chi connectivity index (χ0) is 11.3. The molecule has 0 radical (unpaired) electrons. The van der Waals surface area contributed by atoms with Gasteiger partial charge in [-0.3, -0.25) is 14.3 Å². The lowest BCUT2D eigenvalue weighted by molar-refractivity contribution is 0.579. The Morgan fingerprint density at radius 1 is 1.50 bits per heavy atom. The summed E-state index contributed by atoms with van der Waals surface area (Å²) < 4.78 is 2.92. The molecule has 84 valence electrons.